The number of alkyl halides is 1. The Morgan fingerprint density at radius 3 is 2.07 bits per heavy atom. The number of aliphatic hydroxyl groups excluding tert-OH is 1. The van der Waals surface area contributed by atoms with Crippen LogP contribution in [0.2, 0.25) is 36.3 Å². The van der Waals surface area contributed by atoms with Crippen LogP contribution in [-0.4, -0.2) is 63.0 Å². The highest BCUT2D eigenvalue weighted by Crippen LogP contribution is 2.41. The fourth-order valence-corrected chi connectivity index (χ4v) is 7.50. The Balaban J connectivity index is 2.78. The van der Waals surface area contributed by atoms with Crippen LogP contribution in [0.4, 0.5) is 0 Å². The summed E-state index contributed by atoms with van der Waals surface area (Å²) in [7, 11) is -3.77. The highest BCUT2D eigenvalue weighted by Gasteiger charge is 2.48. The molecule has 5 atom stereocenters. The van der Waals surface area contributed by atoms with Gasteiger partial charge in [-0.2, -0.15) is 0 Å². The van der Waals surface area contributed by atoms with E-state index in [1.54, 1.807) is 0 Å². The zero-order chi connectivity index (χ0) is 32.7. The summed E-state index contributed by atoms with van der Waals surface area (Å²) in [6, 6.07) is 0. The summed E-state index contributed by atoms with van der Waals surface area (Å²) in [5.41, 5.74) is 2.36. The maximum absolute atomic E-state index is 10.9. The molecule has 0 bridgehead atoms. The molecule has 1 saturated heterocycles. The van der Waals surface area contributed by atoms with E-state index in [0.717, 1.165) is 17.3 Å². The van der Waals surface area contributed by atoms with Gasteiger partial charge in [0.15, 0.2) is 22.4 Å². The molecule has 0 radical (unpaired) electrons. The van der Waals surface area contributed by atoms with Gasteiger partial charge in [-0.3, -0.25) is 0 Å². The second-order valence-electron chi connectivity index (χ2n) is 15.9. The van der Waals surface area contributed by atoms with Crippen molar-refractivity contribution < 1.29 is 23.4 Å². The van der Waals surface area contributed by atoms with Crippen LogP contribution in [0.5, 0.6) is 0 Å². The van der Waals surface area contributed by atoms with Crippen LogP contribution in [-0.2, 0) is 18.3 Å². The van der Waals surface area contributed by atoms with E-state index in [0.29, 0.717) is 13.0 Å². The van der Waals surface area contributed by atoms with E-state index in [1.165, 1.54) is 11.1 Å². The quantitative estimate of drug-likeness (QED) is 0.0597. The van der Waals surface area contributed by atoms with E-state index >= 15 is 0 Å². The standard InChI is InChI=1S/C34H65IO5Si2/c1-25(22-28(36)27(3)21-26(2)24-37-41(12,13)32(4,5)6)19-17-16-18-20-29(40-42(14,15)33(7,8)9)31-30(23-35)38-34(10,11)39-31/h16-17,19,21,27-31,36H,18,20,22-24H2,1-15H3/b17-16+,25-19+,26-21+/t27-,28-,29+,30-,31-/m1/s1. The van der Waals surface area contributed by atoms with E-state index in [-0.39, 0.29) is 34.3 Å². The van der Waals surface area contributed by atoms with Crippen LogP contribution in [0.3, 0.4) is 0 Å². The summed E-state index contributed by atoms with van der Waals surface area (Å²) in [6.07, 6.45) is 10.6. The van der Waals surface area contributed by atoms with Gasteiger partial charge in [0, 0.05) is 10.3 Å². The first-order valence-electron chi connectivity index (χ1n) is 15.8. The van der Waals surface area contributed by atoms with E-state index in [1.807, 2.05) is 13.8 Å². The molecule has 0 aliphatic carbocycles. The summed E-state index contributed by atoms with van der Waals surface area (Å²) in [6.45, 7) is 33.7. The molecule has 1 N–H and O–H groups in total. The van der Waals surface area contributed by atoms with Gasteiger partial charge in [0.2, 0.25) is 0 Å². The lowest BCUT2D eigenvalue weighted by Gasteiger charge is -2.41. The molecule has 8 heteroatoms. The number of rotatable bonds is 15. The van der Waals surface area contributed by atoms with Crippen molar-refractivity contribution in [3.8, 4) is 0 Å². The molecular weight excluding hydrogens is 671 g/mol. The summed E-state index contributed by atoms with van der Waals surface area (Å²) >= 11 is 2.40. The van der Waals surface area contributed by atoms with E-state index in [2.05, 4.69) is 135 Å². The lowest BCUT2D eigenvalue weighted by molar-refractivity contribution is -0.153. The zero-order valence-electron chi connectivity index (χ0n) is 29.7. The predicted molar refractivity (Wildman–Crippen MR) is 194 cm³/mol. The van der Waals surface area contributed by atoms with Crippen molar-refractivity contribution >= 4 is 39.2 Å². The fourth-order valence-electron chi connectivity index (χ4n) is 4.43. The molecule has 5 nitrogen and oxygen atoms in total. The highest BCUT2D eigenvalue weighted by atomic mass is 127. The SMILES string of the molecule is C/C(=C\[C@@H](C)[C@H](O)C/C(C)=C/C=C/CC[C@H](O[Si](C)(C)C(C)(C)C)[C@H]1OC(C)(C)O[C@@H]1CI)CO[Si](C)(C)C(C)(C)C. The summed E-state index contributed by atoms with van der Waals surface area (Å²) in [4.78, 5) is 0. The molecule has 0 amide bonds. The molecule has 0 aromatic heterocycles. The first kappa shape index (κ1) is 40.2. The normalized spacial score (nSPS) is 23.5. The van der Waals surface area contributed by atoms with E-state index in [4.69, 9.17) is 18.3 Å². The molecule has 0 aromatic rings. The van der Waals surface area contributed by atoms with Crippen molar-refractivity contribution in [1.82, 2.24) is 0 Å². The Morgan fingerprint density at radius 2 is 1.55 bits per heavy atom. The van der Waals surface area contributed by atoms with Gasteiger partial charge in [-0.05, 0) is 83.2 Å². The molecule has 0 saturated carbocycles. The Morgan fingerprint density at radius 1 is 0.976 bits per heavy atom. The molecule has 42 heavy (non-hydrogen) atoms. The summed E-state index contributed by atoms with van der Waals surface area (Å²) < 4.78 is 26.8. The third kappa shape index (κ3) is 12.9. The Kier molecular flexibility index (Phi) is 15.5. The fraction of sp³-hybridized carbons (Fsp3) is 0.824. The average Bonchev–Trinajstić information content (AvgIpc) is 3.14. The van der Waals surface area contributed by atoms with Gasteiger partial charge in [-0.25, -0.2) is 0 Å². The van der Waals surface area contributed by atoms with Crippen molar-refractivity contribution in [2.24, 2.45) is 5.92 Å². The molecule has 1 aliphatic heterocycles. The third-order valence-corrected chi connectivity index (χ3v) is 19.1. The van der Waals surface area contributed by atoms with Crippen molar-refractivity contribution in [2.75, 3.05) is 11.0 Å². The lowest BCUT2D eigenvalue weighted by atomic mass is 9.96. The monoisotopic (exact) mass is 736 g/mol. The number of aliphatic hydroxyl groups is 1. The lowest BCUT2D eigenvalue weighted by Crippen LogP contribution is -2.49. The molecule has 0 aromatic carbocycles. The number of ether oxygens (including phenoxy) is 2. The van der Waals surface area contributed by atoms with Gasteiger partial charge in [0.25, 0.3) is 0 Å². The largest absolute Gasteiger partial charge is 0.413 e. The second-order valence-corrected chi connectivity index (χ2v) is 26.4. The van der Waals surface area contributed by atoms with Crippen LogP contribution in [0.25, 0.3) is 0 Å². The Labute approximate surface area is 275 Å². The van der Waals surface area contributed by atoms with Gasteiger partial charge < -0.3 is 23.4 Å². The van der Waals surface area contributed by atoms with E-state index in [9.17, 15) is 5.11 Å². The molecule has 1 aliphatic rings. The van der Waals surface area contributed by atoms with Crippen LogP contribution in [0, 0.1) is 5.92 Å². The number of hydrogen-bond acceptors (Lipinski definition) is 5. The number of hydrogen-bond donors (Lipinski definition) is 1. The third-order valence-electron chi connectivity index (χ3n) is 9.28. The van der Waals surface area contributed by atoms with Crippen molar-refractivity contribution in [2.45, 2.75) is 162 Å². The minimum absolute atomic E-state index is 0.0134. The average molecular weight is 737 g/mol. The minimum atomic E-state index is -1.99. The molecule has 1 heterocycles. The van der Waals surface area contributed by atoms with Crippen molar-refractivity contribution in [3.63, 3.8) is 0 Å². The number of allylic oxidation sites excluding steroid dienone is 3. The molecule has 1 fully saturated rings. The predicted octanol–water partition coefficient (Wildman–Crippen LogP) is 9.97. The van der Waals surface area contributed by atoms with Crippen LogP contribution in [0.15, 0.2) is 35.5 Å². The Bertz CT molecular complexity index is 927. The summed E-state index contributed by atoms with van der Waals surface area (Å²) in [5.74, 6) is -0.522. The van der Waals surface area contributed by atoms with Crippen LogP contribution in [0.1, 0.15) is 95.4 Å². The molecule has 0 spiro atoms. The van der Waals surface area contributed by atoms with Gasteiger partial charge in [-0.1, -0.05) is 107 Å². The molecule has 1 rings (SSSR count). The van der Waals surface area contributed by atoms with Crippen LogP contribution >= 0.6 is 22.6 Å². The van der Waals surface area contributed by atoms with Crippen LogP contribution < -0.4 is 0 Å². The molecule has 246 valence electrons. The maximum atomic E-state index is 10.9. The first-order valence-corrected chi connectivity index (χ1v) is 23.2. The molecular formula is C34H65IO5Si2. The van der Waals surface area contributed by atoms with Crippen molar-refractivity contribution in [1.29, 1.82) is 0 Å². The van der Waals surface area contributed by atoms with Gasteiger partial charge in [-0.15, -0.1) is 0 Å². The minimum Gasteiger partial charge on any atom is -0.413 e. The topological polar surface area (TPSA) is 57.2 Å². The second kappa shape index (κ2) is 16.1. The van der Waals surface area contributed by atoms with Gasteiger partial charge >= 0.3 is 0 Å². The molecule has 0 unspecified atom stereocenters. The van der Waals surface area contributed by atoms with Crippen molar-refractivity contribution in [3.05, 3.63) is 35.5 Å². The van der Waals surface area contributed by atoms with Gasteiger partial charge in [0.1, 0.15) is 6.10 Å². The van der Waals surface area contributed by atoms with E-state index < -0.39 is 28.5 Å². The first-order chi connectivity index (χ1) is 18.9. The van der Waals surface area contributed by atoms with Gasteiger partial charge in [0.05, 0.1) is 24.9 Å². The summed E-state index contributed by atoms with van der Waals surface area (Å²) in [5, 5.41) is 11.2. The smallest absolute Gasteiger partial charge is 0.192 e. The Hall–Kier alpha value is 0.184. The zero-order valence-corrected chi connectivity index (χ0v) is 33.8. The highest BCUT2D eigenvalue weighted by molar-refractivity contribution is 14.1. The maximum Gasteiger partial charge on any atom is 0.192 e. The number of halogens is 1.